The Balaban J connectivity index is 1.76. The summed E-state index contributed by atoms with van der Waals surface area (Å²) < 4.78 is 0. The van der Waals surface area contributed by atoms with Gasteiger partial charge in [0.2, 0.25) is 5.91 Å². The number of rotatable bonds is 5. The molecular weight excluding hydrogens is 258 g/mol. The molecule has 0 bridgehead atoms. The molecule has 0 aliphatic rings. The minimum atomic E-state index is 0.0256. The second-order valence-corrected chi connectivity index (χ2v) is 5.63. The van der Waals surface area contributed by atoms with Gasteiger partial charge in [0.15, 0.2) is 5.13 Å². The minimum Gasteiger partial charge on any atom is -0.302 e. The average molecular weight is 275 g/mol. The highest BCUT2D eigenvalue weighted by molar-refractivity contribution is 7.15. The molecule has 5 heteroatoms. The maximum absolute atomic E-state index is 11.8. The molecule has 2 heterocycles. The molecule has 19 heavy (non-hydrogen) atoms. The Morgan fingerprint density at radius 2 is 2.26 bits per heavy atom. The van der Waals surface area contributed by atoms with E-state index in [1.165, 1.54) is 11.3 Å². The van der Waals surface area contributed by atoms with Crippen LogP contribution in [0.2, 0.25) is 0 Å². The van der Waals surface area contributed by atoms with Gasteiger partial charge in [-0.2, -0.15) is 0 Å². The molecule has 0 aliphatic carbocycles. The summed E-state index contributed by atoms with van der Waals surface area (Å²) in [5.74, 6) is 0.0256. The molecular formula is C14H17N3OS. The lowest BCUT2D eigenvalue weighted by Crippen LogP contribution is -2.11. The summed E-state index contributed by atoms with van der Waals surface area (Å²) in [6.07, 6.45) is 5.79. The Hall–Kier alpha value is -1.75. The Morgan fingerprint density at radius 3 is 2.89 bits per heavy atom. The van der Waals surface area contributed by atoms with E-state index in [1.807, 2.05) is 32.2 Å². The SMILES string of the molecule is Cc1nc(NC(=O)CCCc2cccnc2)sc1C. The predicted molar refractivity (Wildman–Crippen MR) is 77.4 cm³/mol. The molecule has 0 spiro atoms. The first-order valence-electron chi connectivity index (χ1n) is 6.28. The van der Waals surface area contributed by atoms with E-state index in [-0.39, 0.29) is 5.91 Å². The van der Waals surface area contributed by atoms with Crippen LogP contribution in [0, 0.1) is 13.8 Å². The third-order valence-electron chi connectivity index (χ3n) is 2.87. The van der Waals surface area contributed by atoms with Gasteiger partial charge in [-0.3, -0.25) is 9.78 Å². The number of carbonyl (C=O) groups excluding carboxylic acids is 1. The number of hydrogen-bond donors (Lipinski definition) is 1. The van der Waals surface area contributed by atoms with Crippen LogP contribution in [0.1, 0.15) is 29.0 Å². The van der Waals surface area contributed by atoms with E-state index in [0.717, 1.165) is 29.0 Å². The van der Waals surface area contributed by atoms with Crippen molar-refractivity contribution in [2.45, 2.75) is 33.1 Å². The van der Waals surface area contributed by atoms with Crippen molar-refractivity contribution >= 4 is 22.4 Å². The van der Waals surface area contributed by atoms with E-state index in [9.17, 15) is 4.79 Å². The van der Waals surface area contributed by atoms with Gasteiger partial charge in [0.05, 0.1) is 5.69 Å². The average Bonchev–Trinajstić information content (AvgIpc) is 2.69. The number of anilines is 1. The number of thiazole rings is 1. The lowest BCUT2D eigenvalue weighted by atomic mass is 10.1. The fourth-order valence-corrected chi connectivity index (χ4v) is 2.54. The minimum absolute atomic E-state index is 0.0256. The van der Waals surface area contributed by atoms with Crippen LogP contribution in [-0.2, 0) is 11.2 Å². The van der Waals surface area contributed by atoms with Gasteiger partial charge in [0.25, 0.3) is 0 Å². The van der Waals surface area contributed by atoms with Gasteiger partial charge in [-0.15, -0.1) is 11.3 Å². The van der Waals surface area contributed by atoms with E-state index in [2.05, 4.69) is 15.3 Å². The van der Waals surface area contributed by atoms with Crippen LogP contribution in [0.3, 0.4) is 0 Å². The molecule has 2 aromatic rings. The summed E-state index contributed by atoms with van der Waals surface area (Å²) in [6, 6.07) is 3.94. The van der Waals surface area contributed by atoms with Crippen LogP contribution < -0.4 is 5.32 Å². The molecule has 1 amide bonds. The predicted octanol–water partition coefficient (Wildman–Crippen LogP) is 3.12. The zero-order valence-electron chi connectivity index (χ0n) is 11.1. The van der Waals surface area contributed by atoms with E-state index in [1.54, 1.807) is 6.20 Å². The molecule has 2 aromatic heterocycles. The zero-order chi connectivity index (χ0) is 13.7. The van der Waals surface area contributed by atoms with Gasteiger partial charge < -0.3 is 5.32 Å². The Morgan fingerprint density at radius 1 is 1.42 bits per heavy atom. The summed E-state index contributed by atoms with van der Waals surface area (Å²) in [5.41, 5.74) is 2.15. The number of aryl methyl sites for hydroxylation is 3. The van der Waals surface area contributed by atoms with Gasteiger partial charge >= 0.3 is 0 Å². The van der Waals surface area contributed by atoms with E-state index in [0.29, 0.717) is 11.6 Å². The van der Waals surface area contributed by atoms with Crippen LogP contribution in [0.4, 0.5) is 5.13 Å². The van der Waals surface area contributed by atoms with Crippen molar-refractivity contribution in [2.24, 2.45) is 0 Å². The quantitative estimate of drug-likeness (QED) is 0.912. The third kappa shape index (κ3) is 4.13. The van der Waals surface area contributed by atoms with Crippen LogP contribution >= 0.6 is 11.3 Å². The second kappa shape index (κ2) is 6.43. The molecule has 0 unspecified atom stereocenters. The second-order valence-electron chi connectivity index (χ2n) is 4.42. The number of aromatic nitrogens is 2. The van der Waals surface area contributed by atoms with Gasteiger partial charge in [-0.05, 0) is 38.3 Å². The van der Waals surface area contributed by atoms with Gasteiger partial charge in [-0.1, -0.05) is 6.07 Å². The Bertz CT molecular complexity index is 532. The summed E-state index contributed by atoms with van der Waals surface area (Å²) in [6.45, 7) is 3.95. The van der Waals surface area contributed by atoms with Crippen molar-refractivity contribution in [1.82, 2.24) is 9.97 Å². The molecule has 1 N–H and O–H groups in total. The van der Waals surface area contributed by atoms with Crippen LogP contribution in [0.5, 0.6) is 0 Å². The number of amides is 1. The van der Waals surface area contributed by atoms with E-state index < -0.39 is 0 Å². The van der Waals surface area contributed by atoms with Crippen LogP contribution in [-0.4, -0.2) is 15.9 Å². The van der Waals surface area contributed by atoms with Crippen molar-refractivity contribution in [3.05, 3.63) is 40.7 Å². The van der Waals surface area contributed by atoms with Crippen LogP contribution in [0.15, 0.2) is 24.5 Å². The Labute approximate surface area is 116 Å². The Kier molecular flexibility index (Phi) is 4.63. The van der Waals surface area contributed by atoms with Crippen molar-refractivity contribution in [3.63, 3.8) is 0 Å². The molecule has 100 valence electrons. The first kappa shape index (κ1) is 13.7. The lowest BCUT2D eigenvalue weighted by Gasteiger charge is -2.02. The molecule has 0 radical (unpaired) electrons. The van der Waals surface area contributed by atoms with E-state index >= 15 is 0 Å². The number of nitrogens with zero attached hydrogens (tertiary/aromatic N) is 2. The van der Waals surface area contributed by atoms with Crippen LogP contribution in [0.25, 0.3) is 0 Å². The summed E-state index contributed by atoms with van der Waals surface area (Å²) in [5, 5.41) is 3.54. The molecule has 0 atom stereocenters. The molecule has 0 aliphatic heterocycles. The number of pyridine rings is 1. The summed E-state index contributed by atoms with van der Waals surface area (Å²) in [7, 11) is 0. The lowest BCUT2D eigenvalue weighted by molar-refractivity contribution is -0.116. The topological polar surface area (TPSA) is 54.9 Å². The smallest absolute Gasteiger partial charge is 0.226 e. The monoisotopic (exact) mass is 275 g/mol. The van der Waals surface area contributed by atoms with E-state index in [4.69, 9.17) is 0 Å². The zero-order valence-corrected chi connectivity index (χ0v) is 12.0. The van der Waals surface area contributed by atoms with Gasteiger partial charge in [0.1, 0.15) is 0 Å². The van der Waals surface area contributed by atoms with Gasteiger partial charge in [-0.25, -0.2) is 4.98 Å². The normalized spacial score (nSPS) is 10.4. The fourth-order valence-electron chi connectivity index (χ4n) is 1.71. The van der Waals surface area contributed by atoms with Crippen molar-refractivity contribution < 1.29 is 4.79 Å². The molecule has 0 saturated heterocycles. The fraction of sp³-hybridized carbons (Fsp3) is 0.357. The summed E-state index contributed by atoms with van der Waals surface area (Å²) >= 11 is 1.52. The van der Waals surface area contributed by atoms with Gasteiger partial charge in [0, 0.05) is 23.7 Å². The molecule has 0 fully saturated rings. The first-order valence-corrected chi connectivity index (χ1v) is 7.09. The highest BCUT2D eigenvalue weighted by atomic mass is 32.1. The highest BCUT2D eigenvalue weighted by Crippen LogP contribution is 2.21. The maximum Gasteiger partial charge on any atom is 0.226 e. The van der Waals surface area contributed by atoms with Crippen molar-refractivity contribution in [3.8, 4) is 0 Å². The molecule has 4 nitrogen and oxygen atoms in total. The standard InChI is InChI=1S/C14H17N3OS/c1-10-11(2)19-14(16-10)17-13(18)7-3-5-12-6-4-8-15-9-12/h4,6,8-9H,3,5,7H2,1-2H3,(H,16,17,18). The largest absolute Gasteiger partial charge is 0.302 e. The summed E-state index contributed by atoms with van der Waals surface area (Å²) in [4.78, 5) is 21.3. The third-order valence-corrected chi connectivity index (χ3v) is 3.86. The number of nitrogens with one attached hydrogen (secondary N) is 1. The first-order chi connectivity index (χ1) is 9.15. The number of carbonyl (C=O) groups is 1. The molecule has 0 aromatic carbocycles. The maximum atomic E-state index is 11.8. The molecule has 2 rings (SSSR count). The van der Waals surface area contributed by atoms with Crippen molar-refractivity contribution in [2.75, 3.05) is 5.32 Å². The van der Waals surface area contributed by atoms with Crippen molar-refractivity contribution in [1.29, 1.82) is 0 Å². The highest BCUT2D eigenvalue weighted by Gasteiger charge is 2.07. The molecule has 0 saturated carbocycles. The number of hydrogen-bond acceptors (Lipinski definition) is 4.